The van der Waals surface area contributed by atoms with Crippen LogP contribution < -0.4 is 15.8 Å². The predicted octanol–water partition coefficient (Wildman–Crippen LogP) is 2.76. The predicted molar refractivity (Wildman–Crippen MR) is 85.9 cm³/mol. The van der Waals surface area contributed by atoms with Gasteiger partial charge in [-0.05, 0) is 75.7 Å². The molecule has 6 heteroatoms. The van der Waals surface area contributed by atoms with Crippen LogP contribution in [0.15, 0.2) is 21.1 Å². The Kier molecular flexibility index (Phi) is 5.46. The van der Waals surface area contributed by atoms with Crippen molar-refractivity contribution in [2.24, 2.45) is 5.73 Å². The van der Waals surface area contributed by atoms with Crippen LogP contribution in [0.1, 0.15) is 25.3 Å². The molecule has 1 aliphatic carbocycles. The number of carbonyl (C=O) groups is 1. The summed E-state index contributed by atoms with van der Waals surface area (Å²) in [6.07, 6.45) is 2.94. The fourth-order valence-electron chi connectivity index (χ4n) is 1.87. The molecule has 4 nitrogen and oxygen atoms in total. The van der Waals surface area contributed by atoms with Crippen molar-refractivity contribution in [1.82, 2.24) is 5.32 Å². The molecule has 0 spiro atoms. The van der Waals surface area contributed by atoms with E-state index in [-0.39, 0.29) is 18.6 Å². The SMILES string of the molecule is CC(N)Cc1cc(Br)c(OCC(=O)NC2CC2)c(Br)c1. The Morgan fingerprint density at radius 1 is 1.45 bits per heavy atom. The van der Waals surface area contributed by atoms with Gasteiger partial charge in [0.1, 0.15) is 5.75 Å². The first kappa shape index (κ1) is 15.8. The van der Waals surface area contributed by atoms with E-state index in [1.165, 1.54) is 0 Å². The second-order valence-electron chi connectivity index (χ2n) is 5.20. The molecule has 2 rings (SSSR count). The van der Waals surface area contributed by atoms with Crippen LogP contribution in [0.2, 0.25) is 0 Å². The maximum Gasteiger partial charge on any atom is 0.258 e. The quantitative estimate of drug-likeness (QED) is 0.764. The Labute approximate surface area is 135 Å². The van der Waals surface area contributed by atoms with E-state index in [4.69, 9.17) is 10.5 Å². The third-order valence-electron chi connectivity index (χ3n) is 2.91. The van der Waals surface area contributed by atoms with Crippen molar-refractivity contribution in [3.05, 3.63) is 26.6 Å². The lowest BCUT2D eigenvalue weighted by atomic mass is 10.1. The summed E-state index contributed by atoms with van der Waals surface area (Å²) in [5.41, 5.74) is 6.92. The minimum atomic E-state index is -0.0778. The Morgan fingerprint density at radius 2 is 2.05 bits per heavy atom. The van der Waals surface area contributed by atoms with E-state index in [0.29, 0.717) is 11.8 Å². The normalized spacial score (nSPS) is 15.8. The highest BCUT2D eigenvalue weighted by Gasteiger charge is 2.23. The van der Waals surface area contributed by atoms with Crippen LogP contribution in [0.5, 0.6) is 5.75 Å². The fraction of sp³-hybridized carbons (Fsp3) is 0.500. The van der Waals surface area contributed by atoms with Crippen molar-refractivity contribution in [3.63, 3.8) is 0 Å². The van der Waals surface area contributed by atoms with Crippen molar-refractivity contribution in [1.29, 1.82) is 0 Å². The number of halogens is 2. The van der Waals surface area contributed by atoms with Gasteiger partial charge < -0.3 is 15.8 Å². The summed E-state index contributed by atoms with van der Waals surface area (Å²) in [7, 11) is 0. The van der Waals surface area contributed by atoms with Gasteiger partial charge in [-0.15, -0.1) is 0 Å². The summed E-state index contributed by atoms with van der Waals surface area (Å²) in [5.74, 6) is 0.565. The monoisotopic (exact) mass is 404 g/mol. The van der Waals surface area contributed by atoms with Gasteiger partial charge in [0, 0.05) is 12.1 Å². The molecule has 20 heavy (non-hydrogen) atoms. The highest BCUT2D eigenvalue weighted by molar-refractivity contribution is 9.11. The van der Waals surface area contributed by atoms with Gasteiger partial charge in [-0.1, -0.05) is 0 Å². The second kappa shape index (κ2) is 6.91. The maximum atomic E-state index is 11.6. The van der Waals surface area contributed by atoms with Crippen molar-refractivity contribution in [3.8, 4) is 5.75 Å². The molecule has 0 aliphatic heterocycles. The van der Waals surface area contributed by atoms with E-state index < -0.39 is 0 Å². The largest absolute Gasteiger partial charge is 0.481 e. The number of rotatable bonds is 6. The zero-order valence-corrected chi connectivity index (χ0v) is 14.5. The van der Waals surface area contributed by atoms with Crippen LogP contribution in [0.4, 0.5) is 0 Å². The number of ether oxygens (including phenoxy) is 1. The van der Waals surface area contributed by atoms with Gasteiger partial charge in [-0.3, -0.25) is 4.79 Å². The number of carbonyl (C=O) groups excluding carboxylic acids is 1. The first-order chi connectivity index (χ1) is 9.45. The lowest BCUT2D eigenvalue weighted by Gasteiger charge is -2.13. The molecule has 0 bridgehead atoms. The van der Waals surface area contributed by atoms with Gasteiger partial charge in [0.2, 0.25) is 0 Å². The topological polar surface area (TPSA) is 64.3 Å². The van der Waals surface area contributed by atoms with Crippen LogP contribution >= 0.6 is 31.9 Å². The number of hydrogen-bond acceptors (Lipinski definition) is 3. The van der Waals surface area contributed by atoms with E-state index in [1.807, 2.05) is 19.1 Å². The average molecular weight is 406 g/mol. The maximum absolute atomic E-state index is 11.6. The zero-order valence-electron chi connectivity index (χ0n) is 11.3. The summed E-state index contributed by atoms with van der Waals surface area (Å²) < 4.78 is 7.22. The van der Waals surface area contributed by atoms with Gasteiger partial charge in [-0.25, -0.2) is 0 Å². The fourth-order valence-corrected chi connectivity index (χ4v) is 3.38. The first-order valence-corrected chi connectivity index (χ1v) is 8.20. The number of nitrogens with one attached hydrogen (secondary N) is 1. The van der Waals surface area contributed by atoms with Gasteiger partial charge in [0.15, 0.2) is 6.61 Å². The van der Waals surface area contributed by atoms with E-state index in [2.05, 4.69) is 37.2 Å². The number of hydrogen-bond donors (Lipinski definition) is 2. The summed E-state index contributed by atoms with van der Waals surface area (Å²) in [5, 5.41) is 2.89. The van der Waals surface area contributed by atoms with E-state index in [1.54, 1.807) is 0 Å². The Balaban J connectivity index is 1.98. The molecule has 1 unspecified atom stereocenters. The molecule has 1 aromatic carbocycles. The molecule has 0 aromatic heterocycles. The van der Waals surface area contributed by atoms with Gasteiger partial charge >= 0.3 is 0 Å². The standard InChI is InChI=1S/C14H18Br2N2O2/c1-8(17)4-9-5-11(15)14(12(16)6-9)20-7-13(19)18-10-2-3-10/h5-6,8,10H,2-4,7,17H2,1H3,(H,18,19). The van der Waals surface area contributed by atoms with Crippen molar-refractivity contribution >= 4 is 37.8 Å². The molecule has 1 amide bonds. The van der Waals surface area contributed by atoms with Crippen LogP contribution in [0, 0.1) is 0 Å². The molecule has 1 fully saturated rings. The van der Waals surface area contributed by atoms with Crippen molar-refractivity contribution in [2.45, 2.75) is 38.3 Å². The van der Waals surface area contributed by atoms with Gasteiger partial charge in [0.05, 0.1) is 8.95 Å². The van der Waals surface area contributed by atoms with Gasteiger partial charge in [-0.2, -0.15) is 0 Å². The molecule has 0 heterocycles. The third kappa shape index (κ3) is 4.75. The average Bonchev–Trinajstić information content (AvgIpc) is 3.10. The molecule has 0 saturated heterocycles. The Bertz CT molecular complexity index is 479. The summed E-state index contributed by atoms with van der Waals surface area (Å²) in [4.78, 5) is 11.6. The van der Waals surface area contributed by atoms with E-state index in [9.17, 15) is 4.79 Å². The summed E-state index contributed by atoms with van der Waals surface area (Å²) >= 11 is 6.95. The lowest BCUT2D eigenvalue weighted by Crippen LogP contribution is -2.30. The Hall–Kier alpha value is -0.590. The van der Waals surface area contributed by atoms with Crippen molar-refractivity contribution in [2.75, 3.05) is 6.61 Å². The molecular weight excluding hydrogens is 388 g/mol. The van der Waals surface area contributed by atoms with E-state index in [0.717, 1.165) is 33.8 Å². The third-order valence-corrected chi connectivity index (χ3v) is 4.08. The van der Waals surface area contributed by atoms with Crippen LogP contribution in [0.25, 0.3) is 0 Å². The number of amides is 1. The zero-order chi connectivity index (χ0) is 14.7. The molecular formula is C14H18Br2N2O2. The molecule has 3 N–H and O–H groups in total. The summed E-state index contributed by atoms with van der Waals surface area (Å²) in [6, 6.07) is 4.40. The lowest BCUT2D eigenvalue weighted by molar-refractivity contribution is -0.123. The first-order valence-electron chi connectivity index (χ1n) is 6.61. The molecule has 1 atom stereocenters. The minimum Gasteiger partial charge on any atom is -0.481 e. The van der Waals surface area contributed by atoms with Gasteiger partial charge in [0.25, 0.3) is 5.91 Å². The van der Waals surface area contributed by atoms with E-state index >= 15 is 0 Å². The van der Waals surface area contributed by atoms with Crippen LogP contribution in [-0.4, -0.2) is 24.6 Å². The number of benzene rings is 1. The molecule has 110 valence electrons. The molecule has 1 saturated carbocycles. The molecule has 1 aliphatic rings. The molecule has 1 aromatic rings. The highest BCUT2D eigenvalue weighted by atomic mass is 79.9. The van der Waals surface area contributed by atoms with Crippen LogP contribution in [-0.2, 0) is 11.2 Å². The smallest absolute Gasteiger partial charge is 0.258 e. The van der Waals surface area contributed by atoms with Crippen molar-refractivity contribution < 1.29 is 9.53 Å². The summed E-state index contributed by atoms with van der Waals surface area (Å²) in [6.45, 7) is 1.99. The second-order valence-corrected chi connectivity index (χ2v) is 6.91. The molecule has 0 radical (unpaired) electrons. The highest BCUT2D eigenvalue weighted by Crippen LogP contribution is 2.35. The number of nitrogens with two attached hydrogens (primary N) is 1. The van der Waals surface area contributed by atoms with Crippen LogP contribution in [0.3, 0.4) is 0 Å². The minimum absolute atomic E-state index is 0.0281. The Morgan fingerprint density at radius 3 is 2.55 bits per heavy atom.